The fourth-order valence-corrected chi connectivity index (χ4v) is 0.939. The van der Waals surface area contributed by atoms with Gasteiger partial charge < -0.3 is 11.7 Å². The van der Waals surface area contributed by atoms with Crippen molar-refractivity contribution in [2.24, 2.45) is 0 Å². The van der Waals surface area contributed by atoms with E-state index in [4.69, 9.17) is 4.74 Å². The minimum absolute atomic E-state index is 0. The van der Waals surface area contributed by atoms with Crippen LogP contribution in [0.1, 0.15) is 12.5 Å². The predicted octanol–water partition coefficient (Wildman–Crippen LogP) is 2.46. The van der Waals surface area contributed by atoms with E-state index in [2.05, 4.69) is 26.0 Å². The van der Waals surface area contributed by atoms with Crippen molar-refractivity contribution in [1.82, 2.24) is 0 Å². The van der Waals surface area contributed by atoms with Crippen LogP contribution < -0.4 is 4.74 Å². The molecule has 1 aromatic carbocycles. The second-order valence-corrected chi connectivity index (χ2v) is 2.35. The van der Waals surface area contributed by atoms with Crippen molar-refractivity contribution in [1.29, 1.82) is 0 Å². The monoisotopic (exact) mass is 333 g/mol. The van der Waals surface area contributed by atoms with Gasteiger partial charge in [0.05, 0.1) is 0 Å². The molecule has 1 aromatic rings. The van der Waals surface area contributed by atoms with Crippen LogP contribution in [0.2, 0.25) is 0 Å². The van der Waals surface area contributed by atoms with Gasteiger partial charge >= 0.3 is 0 Å². The van der Waals surface area contributed by atoms with E-state index in [0.29, 0.717) is 6.61 Å². The Kier molecular flexibility index (Phi) is 6.10. The Balaban J connectivity index is 0.00000121. The van der Waals surface area contributed by atoms with E-state index in [1.54, 1.807) is 0 Å². The third-order valence-corrected chi connectivity index (χ3v) is 1.60. The summed E-state index contributed by atoms with van der Waals surface area (Å²) >= 11 is 0. The largest absolute Gasteiger partial charge is 0.525 e. The third-order valence-electron chi connectivity index (χ3n) is 1.60. The molecule has 1 rings (SSSR count). The van der Waals surface area contributed by atoms with Gasteiger partial charge in [-0.3, -0.25) is 0 Å². The summed E-state index contributed by atoms with van der Waals surface area (Å²) < 4.78 is 5.19. The van der Waals surface area contributed by atoms with Gasteiger partial charge in [0.2, 0.25) is 0 Å². The molecule has 0 spiro atoms. The first-order valence-electron chi connectivity index (χ1n) is 3.87. The molecule has 0 heterocycles. The van der Waals surface area contributed by atoms with Gasteiger partial charge in [0.1, 0.15) is 5.75 Å². The fourth-order valence-electron chi connectivity index (χ4n) is 0.939. The molecule has 0 bridgehead atoms. The van der Waals surface area contributed by atoms with Gasteiger partial charge in [0.25, 0.3) is 0 Å². The minimum Gasteiger partial charge on any atom is -0.525 e. The average molecular weight is 333 g/mol. The zero-order chi connectivity index (χ0) is 8.10. The van der Waals surface area contributed by atoms with E-state index >= 15 is 0 Å². The fraction of sp³-hybridized carbons (Fsp3) is 0.300. The van der Waals surface area contributed by atoms with E-state index in [1.807, 2.05) is 12.1 Å². The molecule has 0 aliphatic rings. The average Bonchev–Trinajstić information content (AvgIpc) is 2.07. The van der Waals surface area contributed by atoms with Crippen LogP contribution in [0.3, 0.4) is 0 Å². The Morgan fingerprint density at radius 1 is 1.25 bits per heavy atom. The minimum atomic E-state index is 0. The number of aryl methyl sites for hydroxylation is 1. The van der Waals surface area contributed by atoms with Crippen LogP contribution in [0, 0.1) is 6.92 Å². The van der Waals surface area contributed by atoms with Gasteiger partial charge in [-0.15, -0.1) is 0 Å². The normalized spacial score (nSPS) is 8.83. The van der Waals surface area contributed by atoms with Crippen LogP contribution in [-0.2, 0) is 27.5 Å². The summed E-state index contributed by atoms with van der Waals surface area (Å²) in [6.45, 7) is 6.23. The van der Waals surface area contributed by atoms with Gasteiger partial charge in [0.15, 0.2) is 0 Å². The van der Waals surface area contributed by atoms with Gasteiger partial charge in [-0.1, -0.05) is 19.1 Å². The van der Waals surface area contributed by atoms with Crippen LogP contribution in [0.4, 0.5) is 0 Å². The van der Waals surface area contributed by atoms with Crippen molar-refractivity contribution in [2.75, 3.05) is 6.61 Å². The van der Waals surface area contributed by atoms with Gasteiger partial charge in [-0.05, 0) is 30.7 Å². The maximum absolute atomic E-state index is 5.19. The van der Waals surface area contributed by atoms with Crippen molar-refractivity contribution < 1.29 is 25.8 Å². The summed E-state index contributed by atoms with van der Waals surface area (Å²) in [6, 6.07) is 8.10. The number of benzene rings is 1. The zero-order valence-electron chi connectivity index (χ0n) is 7.25. The van der Waals surface area contributed by atoms with E-state index in [0.717, 1.165) is 12.2 Å². The summed E-state index contributed by atoms with van der Waals surface area (Å²) in [4.78, 5) is 0. The molecular formula is C10H13OW-. The number of ether oxygens (including phenoxy) is 1. The smallest absolute Gasteiger partial charge is 0.115 e. The van der Waals surface area contributed by atoms with Gasteiger partial charge in [-0.25, -0.2) is 0 Å². The molecule has 0 aliphatic heterocycles. The molecule has 0 N–H and O–H groups in total. The topological polar surface area (TPSA) is 9.23 Å². The first-order chi connectivity index (χ1) is 5.36. The van der Waals surface area contributed by atoms with E-state index in [1.165, 1.54) is 5.56 Å². The molecule has 0 saturated heterocycles. The molecule has 0 unspecified atom stereocenters. The van der Waals surface area contributed by atoms with Crippen molar-refractivity contribution in [3.05, 3.63) is 36.8 Å². The molecule has 66 valence electrons. The molecule has 1 nitrogen and oxygen atoms in total. The molecule has 0 amide bonds. The molecule has 0 fully saturated rings. The molecular weight excluding hydrogens is 320 g/mol. The molecule has 0 saturated carbocycles. The maximum atomic E-state index is 5.19. The number of rotatable bonds is 3. The summed E-state index contributed by atoms with van der Waals surface area (Å²) in [6.07, 6.45) is 1.07. The summed E-state index contributed by atoms with van der Waals surface area (Å²) in [5.41, 5.74) is 1.33. The zero-order valence-corrected chi connectivity index (χ0v) is 10.2. The Bertz CT molecular complexity index is 206. The summed E-state index contributed by atoms with van der Waals surface area (Å²) in [7, 11) is 0. The van der Waals surface area contributed by atoms with Crippen molar-refractivity contribution in [3.63, 3.8) is 0 Å². The first kappa shape index (κ1) is 11.7. The Morgan fingerprint density at radius 3 is 2.25 bits per heavy atom. The predicted molar refractivity (Wildman–Crippen MR) is 46.7 cm³/mol. The second kappa shape index (κ2) is 6.25. The number of hydrogen-bond donors (Lipinski definition) is 0. The summed E-state index contributed by atoms with van der Waals surface area (Å²) in [5.74, 6) is 0.900. The molecule has 0 radical (unpaired) electrons. The standard InChI is InChI=1S/C10H13O.W/c1-3-9-5-7-10(8-6-9)11-4-2;/h5-8H,2-4H2,1H3;/q-1;. The van der Waals surface area contributed by atoms with Crippen LogP contribution in [0.5, 0.6) is 5.75 Å². The van der Waals surface area contributed by atoms with Crippen LogP contribution in [0.25, 0.3) is 0 Å². The molecule has 0 aliphatic carbocycles. The van der Waals surface area contributed by atoms with E-state index in [-0.39, 0.29) is 21.1 Å². The van der Waals surface area contributed by atoms with Crippen LogP contribution in [-0.4, -0.2) is 6.61 Å². The quantitative estimate of drug-likeness (QED) is 0.773. The van der Waals surface area contributed by atoms with Gasteiger partial charge in [-0.2, -0.15) is 0 Å². The van der Waals surface area contributed by atoms with E-state index < -0.39 is 0 Å². The SMILES string of the molecule is [CH2-]COc1ccc(CC)cc1.[W]. The molecule has 12 heavy (non-hydrogen) atoms. The van der Waals surface area contributed by atoms with Crippen molar-refractivity contribution in [2.45, 2.75) is 13.3 Å². The molecule has 2 heteroatoms. The van der Waals surface area contributed by atoms with Gasteiger partial charge in [0, 0.05) is 21.1 Å². The Morgan fingerprint density at radius 2 is 1.83 bits per heavy atom. The Labute approximate surface area is 88.4 Å². The number of hydrogen-bond acceptors (Lipinski definition) is 1. The van der Waals surface area contributed by atoms with Crippen molar-refractivity contribution in [3.8, 4) is 5.75 Å². The molecule has 0 atom stereocenters. The Hall–Kier alpha value is -0.292. The van der Waals surface area contributed by atoms with Crippen LogP contribution >= 0.6 is 0 Å². The summed E-state index contributed by atoms with van der Waals surface area (Å²) in [5, 5.41) is 0. The first-order valence-corrected chi connectivity index (χ1v) is 3.87. The second-order valence-electron chi connectivity index (χ2n) is 2.35. The van der Waals surface area contributed by atoms with Crippen LogP contribution in [0.15, 0.2) is 24.3 Å². The van der Waals surface area contributed by atoms with Crippen molar-refractivity contribution >= 4 is 0 Å². The van der Waals surface area contributed by atoms with E-state index in [9.17, 15) is 0 Å². The maximum Gasteiger partial charge on any atom is 0.115 e. The third kappa shape index (κ3) is 3.40. The molecule has 0 aromatic heterocycles.